The molecule has 0 amide bonds. The van der Waals surface area contributed by atoms with Crippen LogP contribution in [0.25, 0.3) is 11.3 Å². The van der Waals surface area contributed by atoms with Crippen molar-refractivity contribution in [2.45, 2.75) is 19.8 Å². The molecule has 3 aromatic rings. The van der Waals surface area contributed by atoms with E-state index < -0.39 is 5.82 Å². The molecule has 0 saturated heterocycles. The van der Waals surface area contributed by atoms with Crippen molar-refractivity contribution in [1.82, 2.24) is 9.97 Å². The number of nitrogens with one attached hydrogen (secondary N) is 2. The maximum absolute atomic E-state index is 14.4. The lowest BCUT2D eigenvalue weighted by Crippen LogP contribution is -2.07. The fourth-order valence-electron chi connectivity index (χ4n) is 3.11. The van der Waals surface area contributed by atoms with Crippen LogP contribution in [-0.2, 0) is 0 Å². The summed E-state index contributed by atoms with van der Waals surface area (Å²) in [6.07, 6.45) is 6.83. The van der Waals surface area contributed by atoms with Gasteiger partial charge in [0, 0.05) is 23.9 Å². The van der Waals surface area contributed by atoms with Gasteiger partial charge >= 0.3 is 0 Å². The largest absolute Gasteiger partial charge is 0.494 e. The van der Waals surface area contributed by atoms with Crippen LogP contribution in [0.1, 0.15) is 18.4 Å². The number of hydrogen-bond donors (Lipinski definition) is 2. The molecule has 2 aromatic carbocycles. The van der Waals surface area contributed by atoms with Gasteiger partial charge in [-0.2, -0.15) is 11.8 Å². The van der Waals surface area contributed by atoms with E-state index in [1.807, 2.05) is 37.6 Å². The molecule has 6 bridgehead atoms. The van der Waals surface area contributed by atoms with Crippen molar-refractivity contribution in [2.75, 3.05) is 36.3 Å². The van der Waals surface area contributed by atoms with Gasteiger partial charge < -0.3 is 15.4 Å². The van der Waals surface area contributed by atoms with Crippen molar-refractivity contribution in [3.05, 3.63) is 59.8 Å². The van der Waals surface area contributed by atoms with E-state index in [4.69, 9.17) is 4.74 Å². The zero-order valence-corrected chi connectivity index (χ0v) is 18.7. The first-order chi connectivity index (χ1) is 15.0. The quantitative estimate of drug-likeness (QED) is 0.441. The highest BCUT2D eigenvalue weighted by Crippen LogP contribution is 2.28. The predicted molar refractivity (Wildman–Crippen MR) is 125 cm³/mol. The Bertz CT molecular complexity index is 1030. The predicted octanol–water partition coefficient (Wildman–Crippen LogP) is 6.04. The zero-order valence-electron chi connectivity index (χ0n) is 17.8. The van der Waals surface area contributed by atoms with Crippen molar-refractivity contribution >= 4 is 29.1 Å². The summed E-state index contributed by atoms with van der Waals surface area (Å²) in [5.74, 6) is 0.0249. The van der Waals surface area contributed by atoms with Crippen molar-refractivity contribution in [2.24, 2.45) is 0 Å². The molecule has 164 valence electrons. The molecule has 8 heteroatoms. The summed E-state index contributed by atoms with van der Waals surface area (Å²) in [5, 5.41) is 6.16. The number of aromatic nitrogens is 2. The average Bonchev–Trinajstić information content (AvgIpc) is 2.73. The standard InChI is InChI=1S/C21H20F2N4O.C2H6S/c1-13-8-15-11-16(9-13)28-7-3-2-6-24-19-10-14(4-5-17(19)22)20-18(23)12-25-21(26-15)27-20;1-3-2/h4-5,8-12,24H,2-3,6-7H2,1H3,(H,25,26,27);1-2H3. The fourth-order valence-corrected chi connectivity index (χ4v) is 3.11. The Kier molecular flexibility index (Phi) is 8.06. The summed E-state index contributed by atoms with van der Waals surface area (Å²) in [6, 6.07) is 10.1. The summed E-state index contributed by atoms with van der Waals surface area (Å²) < 4.78 is 34.3. The Balaban J connectivity index is 0.000000858. The molecule has 2 heterocycles. The molecule has 2 N–H and O–H groups in total. The summed E-state index contributed by atoms with van der Waals surface area (Å²) in [6.45, 7) is 3.11. The van der Waals surface area contributed by atoms with E-state index in [0.717, 1.165) is 36.0 Å². The Morgan fingerprint density at radius 1 is 1.03 bits per heavy atom. The van der Waals surface area contributed by atoms with E-state index in [1.165, 1.54) is 12.1 Å². The lowest BCUT2D eigenvalue weighted by atomic mass is 10.1. The molecule has 31 heavy (non-hydrogen) atoms. The number of nitrogens with zero attached hydrogens (tertiary/aromatic N) is 2. The minimum atomic E-state index is -0.572. The van der Waals surface area contributed by atoms with E-state index in [0.29, 0.717) is 24.4 Å². The highest BCUT2D eigenvalue weighted by atomic mass is 32.2. The van der Waals surface area contributed by atoms with Crippen LogP contribution in [0.5, 0.6) is 5.75 Å². The SMILES string of the molecule is CSC.Cc1cc2cc(c1)OCCCCNc1cc(ccc1F)-c1nc(ncc1F)N2. The highest BCUT2D eigenvalue weighted by Gasteiger charge is 2.13. The number of halogens is 2. The van der Waals surface area contributed by atoms with Crippen LogP contribution in [0.15, 0.2) is 42.6 Å². The van der Waals surface area contributed by atoms with E-state index in [2.05, 4.69) is 20.6 Å². The van der Waals surface area contributed by atoms with Crippen LogP contribution < -0.4 is 15.4 Å². The normalized spacial score (nSPS) is 13.1. The molecule has 0 spiro atoms. The summed E-state index contributed by atoms with van der Waals surface area (Å²) >= 11 is 1.75. The summed E-state index contributed by atoms with van der Waals surface area (Å²) in [4.78, 5) is 8.32. The second kappa shape index (κ2) is 10.9. The fraction of sp³-hybridized carbons (Fsp3) is 0.304. The van der Waals surface area contributed by atoms with Gasteiger partial charge in [0.2, 0.25) is 5.95 Å². The van der Waals surface area contributed by atoms with Crippen LogP contribution in [0.3, 0.4) is 0 Å². The number of rotatable bonds is 0. The van der Waals surface area contributed by atoms with Gasteiger partial charge in [-0.3, -0.25) is 0 Å². The summed E-state index contributed by atoms with van der Waals surface area (Å²) in [5.41, 5.74) is 2.68. The zero-order chi connectivity index (χ0) is 22.2. The van der Waals surface area contributed by atoms with Crippen LogP contribution in [0.2, 0.25) is 0 Å². The van der Waals surface area contributed by atoms with Gasteiger partial charge in [0.05, 0.1) is 18.5 Å². The third-order valence-electron chi connectivity index (χ3n) is 4.45. The Morgan fingerprint density at radius 2 is 1.84 bits per heavy atom. The molecule has 5 nitrogen and oxygen atoms in total. The van der Waals surface area contributed by atoms with Gasteiger partial charge in [-0.15, -0.1) is 0 Å². The van der Waals surface area contributed by atoms with Crippen LogP contribution in [0, 0.1) is 18.6 Å². The topological polar surface area (TPSA) is 59.1 Å². The maximum atomic E-state index is 14.4. The molecular weight excluding hydrogens is 418 g/mol. The molecule has 1 aliphatic rings. The van der Waals surface area contributed by atoms with Gasteiger partial charge in [0.1, 0.15) is 17.3 Å². The van der Waals surface area contributed by atoms with Gasteiger partial charge in [0.15, 0.2) is 5.82 Å². The van der Waals surface area contributed by atoms with Crippen LogP contribution in [-0.4, -0.2) is 35.6 Å². The number of hydrogen-bond acceptors (Lipinski definition) is 6. The first-order valence-electron chi connectivity index (χ1n) is 9.98. The van der Waals surface area contributed by atoms with E-state index in [1.54, 1.807) is 17.8 Å². The number of anilines is 3. The van der Waals surface area contributed by atoms with Crippen molar-refractivity contribution in [3.63, 3.8) is 0 Å². The average molecular weight is 445 g/mol. The second-order valence-electron chi connectivity index (χ2n) is 7.14. The second-order valence-corrected chi connectivity index (χ2v) is 7.95. The Labute approximate surface area is 185 Å². The minimum Gasteiger partial charge on any atom is -0.494 e. The van der Waals surface area contributed by atoms with Crippen molar-refractivity contribution < 1.29 is 13.5 Å². The molecule has 0 saturated carbocycles. The van der Waals surface area contributed by atoms with Gasteiger partial charge in [-0.05, 0) is 68.2 Å². The third-order valence-corrected chi connectivity index (χ3v) is 4.45. The number of aryl methyl sites for hydroxylation is 1. The third kappa shape index (κ3) is 6.30. The first-order valence-corrected chi connectivity index (χ1v) is 11.6. The smallest absolute Gasteiger partial charge is 0.227 e. The van der Waals surface area contributed by atoms with E-state index in [9.17, 15) is 8.78 Å². The molecule has 0 radical (unpaired) electrons. The minimum absolute atomic E-state index is 0.108. The first kappa shape index (κ1) is 22.8. The molecule has 0 atom stereocenters. The Morgan fingerprint density at radius 3 is 2.65 bits per heavy atom. The Hall–Kier alpha value is -2.87. The molecule has 0 aliphatic carbocycles. The molecule has 1 aromatic heterocycles. The lowest BCUT2D eigenvalue weighted by molar-refractivity contribution is 0.308. The molecule has 1 aliphatic heterocycles. The number of benzene rings is 2. The number of ether oxygens (including phenoxy) is 1. The molecule has 0 unspecified atom stereocenters. The maximum Gasteiger partial charge on any atom is 0.227 e. The highest BCUT2D eigenvalue weighted by molar-refractivity contribution is 7.97. The molecular formula is C23H26F2N4OS. The number of fused-ring (bicyclic) bond motifs is 7. The molecule has 4 rings (SSSR count). The van der Waals surface area contributed by atoms with Gasteiger partial charge in [-0.1, -0.05) is 0 Å². The van der Waals surface area contributed by atoms with E-state index >= 15 is 0 Å². The lowest BCUT2D eigenvalue weighted by Gasteiger charge is -2.14. The van der Waals surface area contributed by atoms with Crippen molar-refractivity contribution in [3.8, 4) is 17.0 Å². The van der Waals surface area contributed by atoms with E-state index in [-0.39, 0.29) is 17.5 Å². The van der Waals surface area contributed by atoms with Crippen LogP contribution in [0.4, 0.5) is 26.1 Å². The monoisotopic (exact) mass is 444 g/mol. The van der Waals surface area contributed by atoms with Crippen LogP contribution >= 0.6 is 11.8 Å². The van der Waals surface area contributed by atoms with Gasteiger partial charge in [-0.25, -0.2) is 18.7 Å². The van der Waals surface area contributed by atoms with Crippen molar-refractivity contribution in [1.29, 1.82) is 0 Å². The summed E-state index contributed by atoms with van der Waals surface area (Å²) in [7, 11) is 0. The van der Waals surface area contributed by atoms with Gasteiger partial charge in [0.25, 0.3) is 0 Å². The number of thioether (sulfide) groups is 1. The molecule has 0 fully saturated rings.